The van der Waals surface area contributed by atoms with Crippen molar-refractivity contribution in [3.63, 3.8) is 0 Å². The number of carbonyl (C=O) groups excluding carboxylic acids is 3. The number of urea groups is 1. The summed E-state index contributed by atoms with van der Waals surface area (Å²) in [4.78, 5) is 41.4. The molecule has 1 aromatic heterocycles. The zero-order valence-electron chi connectivity index (χ0n) is 21.2. The Morgan fingerprint density at radius 2 is 1.68 bits per heavy atom. The summed E-state index contributed by atoms with van der Waals surface area (Å²) in [5.41, 5.74) is 3.08. The largest absolute Gasteiger partial charge is 0.489 e. The monoisotopic (exact) mass is 548 g/mol. The number of hydrogen-bond donors (Lipinski definition) is 2. The topological polar surface area (TPSA) is 101 Å². The van der Waals surface area contributed by atoms with Crippen molar-refractivity contribution in [2.45, 2.75) is 32.3 Å². The van der Waals surface area contributed by atoms with E-state index in [1.165, 1.54) is 36.4 Å². The van der Waals surface area contributed by atoms with Gasteiger partial charge in [-0.1, -0.05) is 42.5 Å². The van der Waals surface area contributed by atoms with Crippen molar-refractivity contribution >= 4 is 34.4 Å². The second-order valence-corrected chi connectivity index (χ2v) is 9.21. The van der Waals surface area contributed by atoms with E-state index in [0.29, 0.717) is 10.6 Å². The molecule has 5 rings (SSSR count). The highest BCUT2D eigenvalue weighted by Gasteiger charge is 2.43. The van der Waals surface area contributed by atoms with E-state index >= 15 is 0 Å². The number of benzene rings is 3. The van der Waals surface area contributed by atoms with Gasteiger partial charge in [-0.15, -0.1) is 0 Å². The minimum absolute atomic E-state index is 0.0189. The first-order valence-electron chi connectivity index (χ1n) is 12.3. The standard InChI is InChI=1S/C29H23F3N4O4/c1-17-14-19(22-7-4-5-9-24(22)33-17)16-40-21-12-10-20(11-13-21)36(27(38)29(30,31)32)15-18-6-2-3-8-23(18)25-26(37)35-28(39)34-25/h2-14,25H,15-16H2,1H3,(H2,34,35,37,39). The Bertz CT molecular complexity index is 1610. The number of pyridine rings is 1. The van der Waals surface area contributed by atoms with Crippen LogP contribution in [0.3, 0.4) is 0 Å². The number of para-hydroxylation sites is 1. The molecule has 1 aliphatic heterocycles. The number of ether oxygens (including phenoxy) is 1. The fourth-order valence-corrected chi connectivity index (χ4v) is 4.60. The van der Waals surface area contributed by atoms with Gasteiger partial charge in [0.05, 0.1) is 12.1 Å². The van der Waals surface area contributed by atoms with E-state index in [4.69, 9.17) is 4.74 Å². The van der Waals surface area contributed by atoms with Gasteiger partial charge >= 0.3 is 18.1 Å². The third kappa shape index (κ3) is 5.58. The van der Waals surface area contributed by atoms with E-state index in [1.807, 2.05) is 37.3 Å². The maximum Gasteiger partial charge on any atom is 0.471 e. The Labute approximate surface area is 226 Å². The van der Waals surface area contributed by atoms with Crippen LogP contribution in [0.25, 0.3) is 10.9 Å². The van der Waals surface area contributed by atoms with Crippen molar-refractivity contribution in [2.24, 2.45) is 0 Å². The Morgan fingerprint density at radius 1 is 0.975 bits per heavy atom. The lowest BCUT2D eigenvalue weighted by Crippen LogP contribution is -2.41. The van der Waals surface area contributed by atoms with Crippen molar-refractivity contribution in [3.05, 3.63) is 101 Å². The van der Waals surface area contributed by atoms with Crippen LogP contribution < -0.4 is 20.3 Å². The first-order chi connectivity index (χ1) is 19.1. The van der Waals surface area contributed by atoms with E-state index in [2.05, 4.69) is 15.6 Å². The van der Waals surface area contributed by atoms with Gasteiger partial charge in [0, 0.05) is 22.3 Å². The molecule has 0 radical (unpaired) electrons. The maximum atomic E-state index is 13.6. The third-order valence-electron chi connectivity index (χ3n) is 6.43. The van der Waals surface area contributed by atoms with Crippen molar-refractivity contribution in [2.75, 3.05) is 4.90 Å². The van der Waals surface area contributed by atoms with Gasteiger partial charge in [0.2, 0.25) is 0 Å². The molecule has 11 heteroatoms. The van der Waals surface area contributed by atoms with E-state index in [9.17, 15) is 27.6 Å². The molecule has 2 N–H and O–H groups in total. The van der Waals surface area contributed by atoms with Crippen LogP contribution in [0.1, 0.15) is 28.4 Å². The normalized spacial score (nSPS) is 15.1. The van der Waals surface area contributed by atoms with Crippen molar-refractivity contribution < 1.29 is 32.3 Å². The van der Waals surface area contributed by atoms with E-state index in [-0.39, 0.29) is 23.4 Å². The predicted molar refractivity (Wildman–Crippen MR) is 140 cm³/mol. The van der Waals surface area contributed by atoms with E-state index in [1.54, 1.807) is 12.1 Å². The summed E-state index contributed by atoms with van der Waals surface area (Å²) in [6.07, 6.45) is -5.15. The number of carbonyl (C=O) groups is 3. The van der Waals surface area contributed by atoms with Crippen LogP contribution in [-0.2, 0) is 22.7 Å². The van der Waals surface area contributed by atoms with Crippen molar-refractivity contribution in [1.82, 2.24) is 15.6 Å². The lowest BCUT2D eigenvalue weighted by Gasteiger charge is -2.26. The van der Waals surface area contributed by atoms with Gasteiger partial charge in [-0.05, 0) is 54.4 Å². The maximum absolute atomic E-state index is 13.6. The molecule has 1 saturated heterocycles. The number of hydrogen-bond acceptors (Lipinski definition) is 5. The smallest absolute Gasteiger partial charge is 0.471 e. The SMILES string of the molecule is Cc1cc(COc2ccc(N(Cc3ccccc3C3NC(=O)NC3=O)C(=O)C(F)(F)F)cc2)c2ccccc2n1. The molecular weight excluding hydrogens is 525 g/mol. The van der Waals surface area contributed by atoms with Crippen molar-refractivity contribution in [1.29, 1.82) is 0 Å². The molecule has 1 unspecified atom stereocenters. The molecule has 4 aromatic rings. The van der Waals surface area contributed by atoms with E-state index < -0.39 is 36.6 Å². The molecule has 0 bridgehead atoms. The first kappa shape index (κ1) is 26.7. The lowest BCUT2D eigenvalue weighted by molar-refractivity contribution is -0.170. The molecule has 204 valence electrons. The molecule has 3 aromatic carbocycles. The van der Waals surface area contributed by atoms with Gasteiger partial charge in [0.15, 0.2) is 0 Å². The number of nitrogens with one attached hydrogen (secondary N) is 2. The molecule has 2 heterocycles. The number of aromatic nitrogens is 1. The number of imide groups is 1. The molecule has 0 saturated carbocycles. The molecule has 1 aliphatic rings. The molecule has 8 nitrogen and oxygen atoms in total. The Hall–Kier alpha value is -4.93. The summed E-state index contributed by atoms with van der Waals surface area (Å²) in [7, 11) is 0. The fraction of sp³-hybridized carbons (Fsp3) is 0.172. The van der Waals surface area contributed by atoms with Crippen molar-refractivity contribution in [3.8, 4) is 5.75 Å². The van der Waals surface area contributed by atoms with Gasteiger partial charge in [-0.25, -0.2) is 4.79 Å². The van der Waals surface area contributed by atoms with Crippen LogP contribution in [0.2, 0.25) is 0 Å². The Balaban J connectivity index is 1.40. The van der Waals surface area contributed by atoms with Crippen LogP contribution in [0.15, 0.2) is 78.9 Å². The summed E-state index contributed by atoms with van der Waals surface area (Å²) in [5, 5.41) is 5.47. The van der Waals surface area contributed by atoms with Crippen LogP contribution in [0, 0.1) is 6.92 Å². The number of alkyl halides is 3. The summed E-state index contributed by atoms with van der Waals surface area (Å²) < 4.78 is 46.7. The van der Waals surface area contributed by atoms with Gasteiger partial charge in [0.25, 0.3) is 5.91 Å². The zero-order chi connectivity index (χ0) is 28.4. The van der Waals surface area contributed by atoms with E-state index in [0.717, 1.165) is 22.2 Å². The number of fused-ring (bicyclic) bond motifs is 1. The summed E-state index contributed by atoms with van der Waals surface area (Å²) >= 11 is 0. The van der Waals surface area contributed by atoms with Gasteiger partial charge in [0.1, 0.15) is 18.4 Å². The Morgan fingerprint density at radius 3 is 2.38 bits per heavy atom. The Kier molecular flexibility index (Phi) is 7.12. The number of nitrogens with zero attached hydrogens (tertiary/aromatic N) is 2. The molecule has 0 spiro atoms. The lowest BCUT2D eigenvalue weighted by atomic mass is 9.99. The number of anilines is 1. The highest BCUT2D eigenvalue weighted by molar-refractivity contribution is 6.04. The molecule has 1 fully saturated rings. The second-order valence-electron chi connectivity index (χ2n) is 9.21. The fourth-order valence-electron chi connectivity index (χ4n) is 4.60. The third-order valence-corrected chi connectivity index (χ3v) is 6.43. The quantitative estimate of drug-likeness (QED) is 0.313. The highest BCUT2D eigenvalue weighted by Crippen LogP contribution is 2.30. The number of halogens is 3. The molecule has 4 amide bonds. The minimum atomic E-state index is -5.15. The number of aryl methyl sites for hydroxylation is 1. The van der Waals surface area contributed by atoms with Gasteiger partial charge in [-0.2, -0.15) is 13.2 Å². The van der Waals surface area contributed by atoms with Crippen LogP contribution in [0.5, 0.6) is 5.75 Å². The van der Waals surface area contributed by atoms with Crippen LogP contribution in [-0.4, -0.2) is 29.0 Å². The molecule has 0 aliphatic carbocycles. The average Bonchev–Trinajstić information content (AvgIpc) is 3.27. The molecule has 40 heavy (non-hydrogen) atoms. The summed E-state index contributed by atoms with van der Waals surface area (Å²) in [6.45, 7) is 1.59. The molecular formula is C29H23F3N4O4. The summed E-state index contributed by atoms with van der Waals surface area (Å²) in [5.74, 6) is -2.31. The van der Waals surface area contributed by atoms with Crippen LogP contribution in [0.4, 0.5) is 23.7 Å². The number of amides is 4. The predicted octanol–water partition coefficient (Wildman–Crippen LogP) is 5.10. The van der Waals surface area contributed by atoms with Gasteiger partial charge < -0.3 is 15.0 Å². The summed E-state index contributed by atoms with van der Waals surface area (Å²) in [6, 6.07) is 19.6. The average molecular weight is 549 g/mol. The van der Waals surface area contributed by atoms with Gasteiger partial charge in [-0.3, -0.25) is 19.9 Å². The zero-order valence-corrected chi connectivity index (χ0v) is 21.2. The first-order valence-corrected chi connectivity index (χ1v) is 12.3. The van der Waals surface area contributed by atoms with Crippen LogP contribution >= 0.6 is 0 Å². The second kappa shape index (κ2) is 10.7. The molecule has 1 atom stereocenters. The minimum Gasteiger partial charge on any atom is -0.489 e. The number of rotatable bonds is 7. The highest BCUT2D eigenvalue weighted by atomic mass is 19.4.